The van der Waals surface area contributed by atoms with Crippen molar-refractivity contribution in [2.75, 3.05) is 12.3 Å². The van der Waals surface area contributed by atoms with Crippen molar-refractivity contribution in [3.05, 3.63) is 30.1 Å². The number of hydrogen-bond donors (Lipinski definition) is 2. The molecule has 160 valence electrons. The lowest BCUT2D eigenvalue weighted by Crippen LogP contribution is -2.22. The normalized spacial score (nSPS) is 14.8. The van der Waals surface area contributed by atoms with Crippen molar-refractivity contribution < 1.29 is 28.2 Å². The van der Waals surface area contributed by atoms with Gasteiger partial charge in [0.25, 0.3) is 6.01 Å². The van der Waals surface area contributed by atoms with Crippen molar-refractivity contribution in [2.45, 2.75) is 32.4 Å². The summed E-state index contributed by atoms with van der Waals surface area (Å²) >= 11 is 0. The molecule has 1 aliphatic heterocycles. The van der Waals surface area contributed by atoms with Crippen LogP contribution < -0.4 is 15.2 Å². The molecule has 1 unspecified atom stereocenters. The smallest absolute Gasteiger partial charge is 0.344 e. The molecule has 3 heterocycles. The van der Waals surface area contributed by atoms with Crippen LogP contribution in [0.1, 0.15) is 19.8 Å². The molecule has 1 aliphatic rings. The van der Waals surface area contributed by atoms with E-state index in [0.717, 1.165) is 18.4 Å². The van der Waals surface area contributed by atoms with Gasteiger partial charge in [0.05, 0.1) is 12.1 Å². The lowest BCUT2D eigenvalue weighted by molar-refractivity contribution is -0.144. The van der Waals surface area contributed by atoms with Crippen molar-refractivity contribution in [1.29, 1.82) is 0 Å². The number of imidazole rings is 1. The first-order valence-electron chi connectivity index (χ1n) is 9.83. The lowest BCUT2D eigenvalue weighted by atomic mass is 10.1. The molecule has 4 aromatic rings. The van der Waals surface area contributed by atoms with Crippen LogP contribution in [0.2, 0.25) is 0 Å². The van der Waals surface area contributed by atoms with E-state index in [-0.39, 0.29) is 11.6 Å². The Bertz CT molecular complexity index is 1330. The molecule has 0 fully saturated rings. The van der Waals surface area contributed by atoms with Crippen LogP contribution in [0.5, 0.6) is 11.5 Å². The first-order valence-corrected chi connectivity index (χ1v) is 9.83. The highest BCUT2D eigenvalue weighted by molar-refractivity contribution is 5.89. The Hall–Kier alpha value is -3.82. The van der Waals surface area contributed by atoms with Crippen LogP contribution in [-0.2, 0) is 11.3 Å². The molecule has 2 aromatic heterocycles. The molecule has 10 heteroatoms. The zero-order valence-corrected chi connectivity index (χ0v) is 16.6. The van der Waals surface area contributed by atoms with E-state index in [1.807, 2.05) is 4.57 Å². The van der Waals surface area contributed by atoms with Gasteiger partial charge in [0, 0.05) is 24.2 Å². The van der Waals surface area contributed by atoms with Gasteiger partial charge in [0.15, 0.2) is 17.5 Å². The monoisotopic (exact) mass is 426 g/mol. The van der Waals surface area contributed by atoms with Gasteiger partial charge in [-0.3, -0.25) is 0 Å². The number of aryl methyl sites for hydroxylation is 1. The second kappa shape index (κ2) is 7.15. The molecule has 0 saturated heterocycles. The molecule has 2 aromatic carbocycles. The van der Waals surface area contributed by atoms with E-state index in [1.165, 1.54) is 13.0 Å². The van der Waals surface area contributed by atoms with Crippen LogP contribution in [0.15, 0.2) is 28.7 Å². The predicted octanol–water partition coefficient (Wildman–Crippen LogP) is 3.59. The summed E-state index contributed by atoms with van der Waals surface area (Å²) in [7, 11) is 0. The van der Waals surface area contributed by atoms with Crippen molar-refractivity contribution in [3.63, 3.8) is 0 Å². The Morgan fingerprint density at radius 3 is 2.90 bits per heavy atom. The van der Waals surface area contributed by atoms with Crippen LogP contribution in [0, 0.1) is 5.82 Å². The van der Waals surface area contributed by atoms with Crippen molar-refractivity contribution in [1.82, 2.24) is 14.5 Å². The zero-order valence-electron chi connectivity index (χ0n) is 16.6. The maximum atomic E-state index is 14.6. The Labute approximate surface area is 175 Å². The molecule has 0 aliphatic carbocycles. The number of anilines is 1. The van der Waals surface area contributed by atoms with Gasteiger partial charge in [0.1, 0.15) is 28.4 Å². The number of nitrogens with two attached hydrogens (primary N) is 1. The third-order valence-corrected chi connectivity index (χ3v) is 5.19. The van der Waals surface area contributed by atoms with Crippen LogP contribution in [-0.4, -0.2) is 38.3 Å². The van der Waals surface area contributed by atoms with Crippen molar-refractivity contribution in [2.24, 2.45) is 0 Å². The number of carbonyl (C=O) groups is 1. The van der Waals surface area contributed by atoms with Crippen molar-refractivity contribution in [3.8, 4) is 22.9 Å². The Morgan fingerprint density at radius 1 is 1.26 bits per heavy atom. The Balaban J connectivity index is 1.70. The summed E-state index contributed by atoms with van der Waals surface area (Å²) in [6.07, 6.45) is 0.643. The molecule has 9 nitrogen and oxygen atoms in total. The third kappa shape index (κ3) is 3.29. The number of nitrogen functional groups attached to an aromatic ring is 1. The number of rotatable bonds is 4. The second-order valence-electron chi connectivity index (χ2n) is 7.39. The summed E-state index contributed by atoms with van der Waals surface area (Å²) in [4.78, 5) is 19.9. The molecular weight excluding hydrogens is 407 g/mol. The number of benzene rings is 2. The highest BCUT2D eigenvalue weighted by Gasteiger charge is 2.23. The minimum absolute atomic E-state index is 0.00704. The average molecular weight is 426 g/mol. The van der Waals surface area contributed by atoms with Crippen molar-refractivity contribution >= 4 is 34.1 Å². The number of hydrogen-bond acceptors (Lipinski definition) is 7. The zero-order chi connectivity index (χ0) is 21.7. The summed E-state index contributed by atoms with van der Waals surface area (Å²) in [5.74, 6) is -0.257. The molecule has 5 rings (SSSR count). The van der Waals surface area contributed by atoms with Gasteiger partial charge in [-0.2, -0.15) is 4.98 Å². The van der Waals surface area contributed by atoms with Crippen LogP contribution in [0.25, 0.3) is 33.5 Å². The largest absolute Gasteiger partial charge is 0.491 e. The van der Waals surface area contributed by atoms with Gasteiger partial charge in [-0.1, -0.05) is 0 Å². The first kappa shape index (κ1) is 19.2. The topological polar surface area (TPSA) is 126 Å². The number of carboxylic acids is 1. The van der Waals surface area contributed by atoms with Gasteiger partial charge >= 0.3 is 5.97 Å². The molecule has 0 bridgehead atoms. The van der Waals surface area contributed by atoms with E-state index in [0.29, 0.717) is 47.1 Å². The molecule has 0 saturated carbocycles. The molecule has 0 radical (unpaired) electrons. The fourth-order valence-electron chi connectivity index (χ4n) is 3.77. The number of halogens is 1. The van der Waals surface area contributed by atoms with Gasteiger partial charge in [0.2, 0.25) is 0 Å². The number of ether oxygens (including phenoxy) is 2. The summed E-state index contributed by atoms with van der Waals surface area (Å²) in [5, 5.41) is 9.15. The fraction of sp³-hybridized carbons (Fsp3) is 0.286. The number of oxazole rings is 1. The molecule has 3 N–H and O–H groups in total. The molecule has 0 amide bonds. The standard InChI is InChI=1S/C21H19FN4O5/c1-10(20(27)28)30-12-8-14-17-16(9-12)29-5-3-2-4-26(17)19(24-14)11-6-13(22)18-15(7-11)25-21(23)31-18/h6-10H,2-5H2,1H3,(H2,23,25)(H,27,28). The average Bonchev–Trinajstić information content (AvgIpc) is 3.25. The van der Waals surface area contributed by atoms with E-state index >= 15 is 0 Å². The highest BCUT2D eigenvalue weighted by atomic mass is 19.1. The Morgan fingerprint density at radius 2 is 2.10 bits per heavy atom. The first-order chi connectivity index (χ1) is 14.9. The van der Waals surface area contributed by atoms with E-state index in [2.05, 4.69) is 4.98 Å². The minimum atomic E-state index is -1.08. The highest BCUT2D eigenvalue weighted by Crippen LogP contribution is 2.37. The van der Waals surface area contributed by atoms with Gasteiger partial charge < -0.3 is 29.3 Å². The summed E-state index contributed by atoms with van der Waals surface area (Å²) in [5.41, 5.74) is 7.68. The number of aliphatic carboxylic acids is 1. The molecular formula is C21H19FN4O5. The van der Waals surface area contributed by atoms with E-state index < -0.39 is 17.9 Å². The van der Waals surface area contributed by atoms with Gasteiger partial charge in [-0.25, -0.2) is 14.2 Å². The van der Waals surface area contributed by atoms with E-state index in [1.54, 1.807) is 18.2 Å². The second-order valence-corrected chi connectivity index (χ2v) is 7.39. The molecule has 1 atom stereocenters. The quantitative estimate of drug-likeness (QED) is 0.507. The molecule has 0 spiro atoms. The third-order valence-electron chi connectivity index (χ3n) is 5.19. The number of aromatic nitrogens is 3. The van der Waals surface area contributed by atoms with Gasteiger partial charge in [-0.15, -0.1) is 0 Å². The van der Waals surface area contributed by atoms with Crippen LogP contribution in [0.4, 0.5) is 10.4 Å². The van der Waals surface area contributed by atoms with Crippen LogP contribution in [0.3, 0.4) is 0 Å². The maximum Gasteiger partial charge on any atom is 0.344 e. The molecule has 31 heavy (non-hydrogen) atoms. The summed E-state index contributed by atoms with van der Waals surface area (Å²) in [6, 6.07) is 6.22. The number of nitrogens with zero attached hydrogens (tertiary/aromatic N) is 3. The summed E-state index contributed by atoms with van der Waals surface area (Å²) in [6.45, 7) is 2.63. The number of carboxylic acid groups (broad SMARTS) is 1. The van der Waals surface area contributed by atoms with Gasteiger partial charge in [-0.05, 0) is 31.9 Å². The van der Waals surface area contributed by atoms with E-state index in [9.17, 15) is 9.18 Å². The number of fused-ring (bicyclic) bond motifs is 1. The maximum absolute atomic E-state index is 14.6. The SMILES string of the molecule is CC(Oc1cc2c3c(c1)nc(-c1cc(F)c4oc(N)nc4c1)n3CCCCO2)C(=O)O. The minimum Gasteiger partial charge on any atom is -0.491 e. The summed E-state index contributed by atoms with van der Waals surface area (Å²) < 4.78 is 33.2. The predicted molar refractivity (Wildman–Crippen MR) is 110 cm³/mol. The lowest BCUT2D eigenvalue weighted by Gasteiger charge is -2.17. The Kier molecular flexibility index (Phi) is 4.42. The van der Waals surface area contributed by atoms with Crippen LogP contribution >= 0.6 is 0 Å². The van der Waals surface area contributed by atoms with E-state index in [4.69, 9.17) is 29.7 Å². The fourth-order valence-corrected chi connectivity index (χ4v) is 3.77.